The summed E-state index contributed by atoms with van der Waals surface area (Å²) in [4.78, 5) is 12.1. The van der Waals surface area contributed by atoms with Crippen LogP contribution in [0.4, 0.5) is 4.39 Å². The van der Waals surface area contributed by atoms with Gasteiger partial charge in [-0.3, -0.25) is 4.79 Å². The van der Waals surface area contributed by atoms with Crippen molar-refractivity contribution >= 4 is 17.4 Å². The van der Waals surface area contributed by atoms with E-state index in [0.717, 1.165) is 5.56 Å². The first-order chi connectivity index (χ1) is 9.47. The first-order valence-corrected chi connectivity index (χ1v) is 6.92. The molecule has 0 spiro atoms. The van der Waals surface area contributed by atoms with Gasteiger partial charge in [-0.1, -0.05) is 49.7 Å². The molecule has 0 bridgehead atoms. The summed E-state index contributed by atoms with van der Waals surface area (Å²) < 4.78 is 13.3. The SMILES string of the molecule is CC(C)c1ccc(CC(=O)c2ccc(Cl)c(F)c2)cc1. The van der Waals surface area contributed by atoms with Crippen LogP contribution in [0, 0.1) is 5.82 Å². The van der Waals surface area contributed by atoms with Crippen molar-refractivity contribution in [1.29, 1.82) is 0 Å². The molecule has 0 fully saturated rings. The number of ketones is 1. The summed E-state index contributed by atoms with van der Waals surface area (Å²) in [5, 5.41) is 0.0304. The van der Waals surface area contributed by atoms with Crippen LogP contribution in [0.2, 0.25) is 5.02 Å². The Balaban J connectivity index is 2.12. The summed E-state index contributed by atoms with van der Waals surface area (Å²) in [6, 6.07) is 12.1. The standard InChI is InChI=1S/C17H16ClFO/c1-11(2)13-5-3-12(4-6-13)9-17(20)14-7-8-15(18)16(19)10-14/h3-8,10-11H,9H2,1-2H3. The number of rotatable bonds is 4. The van der Waals surface area contributed by atoms with Crippen molar-refractivity contribution in [3.63, 3.8) is 0 Å². The Morgan fingerprint density at radius 2 is 1.80 bits per heavy atom. The molecule has 0 saturated heterocycles. The van der Waals surface area contributed by atoms with Gasteiger partial charge in [0.05, 0.1) is 5.02 Å². The van der Waals surface area contributed by atoms with E-state index in [1.165, 1.54) is 17.7 Å². The lowest BCUT2D eigenvalue weighted by Crippen LogP contribution is -2.04. The Morgan fingerprint density at radius 3 is 2.35 bits per heavy atom. The van der Waals surface area contributed by atoms with Crippen molar-refractivity contribution in [1.82, 2.24) is 0 Å². The predicted molar refractivity (Wildman–Crippen MR) is 80.0 cm³/mol. The normalized spacial score (nSPS) is 10.8. The van der Waals surface area contributed by atoms with E-state index < -0.39 is 5.82 Å². The third-order valence-electron chi connectivity index (χ3n) is 3.25. The van der Waals surface area contributed by atoms with Gasteiger partial charge in [-0.25, -0.2) is 4.39 Å². The smallest absolute Gasteiger partial charge is 0.167 e. The van der Waals surface area contributed by atoms with Gasteiger partial charge in [0.15, 0.2) is 5.78 Å². The molecule has 2 aromatic carbocycles. The van der Waals surface area contributed by atoms with Gasteiger partial charge in [0.25, 0.3) is 0 Å². The van der Waals surface area contributed by atoms with Gasteiger partial charge in [-0.05, 0) is 35.2 Å². The van der Waals surface area contributed by atoms with E-state index in [1.807, 2.05) is 24.3 Å². The van der Waals surface area contributed by atoms with Crippen LogP contribution in [0.3, 0.4) is 0 Å². The maximum Gasteiger partial charge on any atom is 0.167 e. The molecule has 20 heavy (non-hydrogen) atoms. The van der Waals surface area contributed by atoms with E-state index in [-0.39, 0.29) is 17.2 Å². The number of hydrogen-bond acceptors (Lipinski definition) is 1. The van der Waals surface area contributed by atoms with Crippen molar-refractivity contribution in [2.75, 3.05) is 0 Å². The lowest BCUT2D eigenvalue weighted by atomic mass is 9.98. The highest BCUT2D eigenvalue weighted by Crippen LogP contribution is 2.18. The molecule has 0 heterocycles. The molecular formula is C17H16ClFO. The highest BCUT2D eigenvalue weighted by Gasteiger charge is 2.10. The van der Waals surface area contributed by atoms with Crippen molar-refractivity contribution < 1.29 is 9.18 Å². The lowest BCUT2D eigenvalue weighted by molar-refractivity contribution is 0.0992. The molecule has 0 unspecified atom stereocenters. The maximum atomic E-state index is 13.3. The van der Waals surface area contributed by atoms with Crippen LogP contribution in [0.15, 0.2) is 42.5 Å². The van der Waals surface area contributed by atoms with E-state index in [1.54, 1.807) is 6.07 Å². The Kier molecular flexibility index (Phi) is 4.56. The van der Waals surface area contributed by atoms with Crippen LogP contribution >= 0.6 is 11.6 Å². The van der Waals surface area contributed by atoms with Crippen LogP contribution in [-0.2, 0) is 6.42 Å². The molecule has 0 aromatic heterocycles. The first kappa shape index (κ1) is 14.7. The quantitative estimate of drug-likeness (QED) is 0.722. The molecule has 2 aromatic rings. The number of hydrogen-bond donors (Lipinski definition) is 0. The summed E-state index contributed by atoms with van der Waals surface area (Å²) in [6.45, 7) is 4.24. The zero-order valence-corrected chi connectivity index (χ0v) is 12.2. The minimum atomic E-state index is -0.562. The summed E-state index contributed by atoms with van der Waals surface area (Å²) in [5.41, 5.74) is 2.51. The number of Topliss-reactive ketones (excluding diaryl/α,β-unsaturated/α-hetero) is 1. The molecule has 104 valence electrons. The molecule has 0 amide bonds. The van der Waals surface area contributed by atoms with E-state index in [0.29, 0.717) is 11.5 Å². The second-order valence-corrected chi connectivity index (χ2v) is 5.53. The Labute approximate surface area is 123 Å². The summed E-state index contributed by atoms with van der Waals surface area (Å²) in [6.07, 6.45) is 0.263. The molecule has 0 radical (unpaired) electrons. The number of halogens is 2. The van der Waals surface area contributed by atoms with Crippen LogP contribution < -0.4 is 0 Å². The van der Waals surface area contributed by atoms with Gasteiger partial charge in [0, 0.05) is 12.0 Å². The highest BCUT2D eigenvalue weighted by atomic mass is 35.5. The average Bonchev–Trinajstić information content (AvgIpc) is 2.42. The van der Waals surface area contributed by atoms with E-state index in [9.17, 15) is 9.18 Å². The Hall–Kier alpha value is -1.67. The van der Waals surface area contributed by atoms with Gasteiger partial charge in [-0.15, -0.1) is 0 Å². The molecule has 0 aliphatic heterocycles. The third-order valence-corrected chi connectivity index (χ3v) is 3.56. The molecule has 1 nitrogen and oxygen atoms in total. The fourth-order valence-corrected chi connectivity index (χ4v) is 2.09. The minimum absolute atomic E-state index is 0.0304. The fourth-order valence-electron chi connectivity index (χ4n) is 1.98. The number of carbonyl (C=O) groups excluding carboxylic acids is 1. The van der Waals surface area contributed by atoms with E-state index in [2.05, 4.69) is 13.8 Å². The topological polar surface area (TPSA) is 17.1 Å². The molecule has 0 N–H and O–H groups in total. The number of carbonyl (C=O) groups is 1. The minimum Gasteiger partial charge on any atom is -0.294 e. The average molecular weight is 291 g/mol. The van der Waals surface area contributed by atoms with Gasteiger partial charge in [-0.2, -0.15) is 0 Å². The van der Waals surface area contributed by atoms with Crippen LogP contribution in [0.5, 0.6) is 0 Å². The molecule has 3 heteroatoms. The first-order valence-electron chi connectivity index (χ1n) is 6.54. The van der Waals surface area contributed by atoms with Crippen molar-refractivity contribution in [3.05, 3.63) is 70.0 Å². The monoisotopic (exact) mass is 290 g/mol. The van der Waals surface area contributed by atoms with Crippen molar-refractivity contribution in [2.45, 2.75) is 26.2 Å². The van der Waals surface area contributed by atoms with Gasteiger partial charge in [0.1, 0.15) is 5.82 Å². The van der Waals surface area contributed by atoms with Crippen LogP contribution in [-0.4, -0.2) is 5.78 Å². The van der Waals surface area contributed by atoms with Crippen molar-refractivity contribution in [2.24, 2.45) is 0 Å². The predicted octanol–water partition coefficient (Wildman–Crippen LogP) is 5.03. The van der Waals surface area contributed by atoms with E-state index >= 15 is 0 Å². The van der Waals surface area contributed by atoms with Crippen LogP contribution in [0.25, 0.3) is 0 Å². The second-order valence-electron chi connectivity index (χ2n) is 5.13. The summed E-state index contributed by atoms with van der Waals surface area (Å²) in [5.74, 6) is -0.212. The van der Waals surface area contributed by atoms with E-state index in [4.69, 9.17) is 11.6 Å². The molecule has 0 aliphatic carbocycles. The molecular weight excluding hydrogens is 275 g/mol. The molecule has 0 saturated carbocycles. The zero-order chi connectivity index (χ0) is 14.7. The molecule has 0 atom stereocenters. The van der Waals surface area contributed by atoms with Gasteiger partial charge >= 0.3 is 0 Å². The highest BCUT2D eigenvalue weighted by molar-refractivity contribution is 6.30. The van der Waals surface area contributed by atoms with Gasteiger partial charge < -0.3 is 0 Å². The Morgan fingerprint density at radius 1 is 1.15 bits per heavy atom. The third kappa shape index (κ3) is 3.45. The van der Waals surface area contributed by atoms with Gasteiger partial charge in [0.2, 0.25) is 0 Å². The molecule has 2 rings (SSSR count). The zero-order valence-electron chi connectivity index (χ0n) is 11.5. The fraction of sp³-hybridized carbons (Fsp3) is 0.235. The Bertz CT molecular complexity index is 617. The van der Waals surface area contributed by atoms with Crippen LogP contribution in [0.1, 0.15) is 41.3 Å². The maximum absolute atomic E-state index is 13.3. The molecule has 0 aliphatic rings. The summed E-state index contributed by atoms with van der Waals surface area (Å²) >= 11 is 5.61. The largest absolute Gasteiger partial charge is 0.294 e. The number of benzene rings is 2. The van der Waals surface area contributed by atoms with Crippen molar-refractivity contribution in [3.8, 4) is 0 Å². The second kappa shape index (κ2) is 6.19. The summed E-state index contributed by atoms with van der Waals surface area (Å²) in [7, 11) is 0. The lowest BCUT2D eigenvalue weighted by Gasteiger charge is -2.07.